The molecule has 2 heterocycles. The Kier molecular flexibility index (Phi) is 7.75. The number of carbonyl (C=O) groups is 1. The van der Waals surface area contributed by atoms with Gasteiger partial charge in [0.1, 0.15) is 16.1 Å². The largest absolute Gasteiger partial charge is 0.440 e. The van der Waals surface area contributed by atoms with Crippen molar-refractivity contribution < 1.29 is 14.0 Å². The van der Waals surface area contributed by atoms with Crippen molar-refractivity contribution in [1.29, 1.82) is 0 Å². The first-order chi connectivity index (χ1) is 15.0. The van der Waals surface area contributed by atoms with Gasteiger partial charge in [-0.15, -0.1) is 10.2 Å². The molecule has 1 saturated heterocycles. The molecule has 2 aromatic rings. The summed E-state index contributed by atoms with van der Waals surface area (Å²) in [6.45, 7) is 15.8. The summed E-state index contributed by atoms with van der Waals surface area (Å²) >= 11 is 1.55. The maximum atomic E-state index is 12.1. The lowest BCUT2D eigenvalue weighted by Crippen LogP contribution is -2.44. The van der Waals surface area contributed by atoms with Crippen LogP contribution in [0.3, 0.4) is 0 Å². The highest BCUT2D eigenvalue weighted by Crippen LogP contribution is 2.38. The summed E-state index contributed by atoms with van der Waals surface area (Å²) < 4.78 is 12.4. The van der Waals surface area contributed by atoms with Crippen molar-refractivity contribution in [2.75, 3.05) is 26.7 Å². The van der Waals surface area contributed by atoms with Crippen LogP contribution in [0.25, 0.3) is 10.6 Å². The van der Waals surface area contributed by atoms with Crippen LogP contribution in [0, 0.1) is 6.92 Å². The Morgan fingerprint density at radius 2 is 2.09 bits per heavy atom. The van der Waals surface area contributed by atoms with Gasteiger partial charge in [-0.1, -0.05) is 50.3 Å². The smallest absolute Gasteiger partial charge is 0.407 e. The summed E-state index contributed by atoms with van der Waals surface area (Å²) in [6.07, 6.45) is 0.423. The van der Waals surface area contributed by atoms with Gasteiger partial charge in [-0.3, -0.25) is 4.90 Å². The topological polar surface area (TPSA) is 76.6 Å². The first-order valence-corrected chi connectivity index (χ1v) is 14.9. The van der Waals surface area contributed by atoms with Gasteiger partial charge in [-0.2, -0.15) is 0 Å². The molecular weight excluding hydrogens is 440 g/mol. The molecule has 1 aromatic carbocycles. The van der Waals surface area contributed by atoms with Gasteiger partial charge < -0.3 is 14.5 Å². The van der Waals surface area contributed by atoms with Gasteiger partial charge in [-0.05, 0) is 43.1 Å². The molecule has 1 amide bonds. The molecule has 0 spiro atoms. The molecule has 0 saturated carbocycles. The van der Waals surface area contributed by atoms with Crippen molar-refractivity contribution in [3.8, 4) is 10.6 Å². The molecule has 0 bridgehead atoms. The zero-order chi connectivity index (χ0) is 23.5. The third-order valence-corrected chi connectivity index (χ3v) is 11.8. The number of carbonyl (C=O) groups excluding carboxylic acids is 1. The Labute approximate surface area is 196 Å². The van der Waals surface area contributed by atoms with E-state index in [-0.39, 0.29) is 17.2 Å². The molecule has 2 atom stereocenters. The van der Waals surface area contributed by atoms with Crippen LogP contribution in [0.4, 0.5) is 4.79 Å². The number of hydrogen-bond acceptors (Lipinski definition) is 7. The molecular formula is C23H36N4O3SSi. The SMILES string of the molecule is CNC(=O)OC(CN1CC[C@H](O[Si](C)(C)C(C)(C)C)C1)c1cccc(-c2nnc(C)s2)c1. The van der Waals surface area contributed by atoms with E-state index in [1.54, 1.807) is 18.4 Å². The first-order valence-electron chi connectivity index (χ1n) is 11.2. The molecule has 1 aliphatic heterocycles. The quantitative estimate of drug-likeness (QED) is 0.566. The van der Waals surface area contributed by atoms with Crippen molar-refractivity contribution in [3.05, 3.63) is 34.8 Å². The van der Waals surface area contributed by atoms with Gasteiger partial charge in [0.2, 0.25) is 0 Å². The minimum Gasteiger partial charge on any atom is -0.440 e. The molecule has 1 aliphatic rings. The highest BCUT2D eigenvalue weighted by molar-refractivity contribution is 7.14. The Balaban J connectivity index is 1.73. The van der Waals surface area contributed by atoms with Crippen LogP contribution < -0.4 is 5.32 Å². The van der Waals surface area contributed by atoms with Crippen LogP contribution in [0.1, 0.15) is 43.9 Å². The molecule has 9 heteroatoms. The minimum atomic E-state index is -1.81. The lowest BCUT2D eigenvalue weighted by atomic mass is 10.1. The van der Waals surface area contributed by atoms with Crippen molar-refractivity contribution in [3.63, 3.8) is 0 Å². The number of aryl methyl sites for hydroxylation is 1. The van der Waals surface area contributed by atoms with E-state index in [1.165, 1.54) is 0 Å². The molecule has 3 rings (SSSR count). The molecule has 32 heavy (non-hydrogen) atoms. The number of aromatic nitrogens is 2. The molecule has 7 nitrogen and oxygen atoms in total. The highest BCUT2D eigenvalue weighted by atomic mass is 32.1. The van der Waals surface area contributed by atoms with Crippen molar-refractivity contribution in [2.24, 2.45) is 0 Å². The first kappa shape index (κ1) is 24.8. The van der Waals surface area contributed by atoms with Gasteiger partial charge in [0.05, 0.1) is 6.10 Å². The maximum Gasteiger partial charge on any atom is 0.407 e. The Hall–Kier alpha value is -1.81. The summed E-state index contributed by atoms with van der Waals surface area (Å²) in [5.74, 6) is 0. The van der Waals surface area contributed by atoms with Crippen LogP contribution >= 0.6 is 11.3 Å². The number of alkyl carbamates (subject to hydrolysis) is 1. The minimum absolute atomic E-state index is 0.189. The third-order valence-electron chi connectivity index (χ3n) is 6.41. The van der Waals surface area contributed by atoms with Gasteiger partial charge in [0, 0.05) is 32.2 Å². The Morgan fingerprint density at radius 3 is 2.72 bits per heavy atom. The van der Waals surface area contributed by atoms with E-state index >= 15 is 0 Å². The van der Waals surface area contributed by atoms with Crippen molar-refractivity contribution in [2.45, 2.75) is 64.5 Å². The highest BCUT2D eigenvalue weighted by Gasteiger charge is 2.40. The predicted octanol–water partition coefficient (Wildman–Crippen LogP) is 5.01. The van der Waals surface area contributed by atoms with E-state index in [0.717, 1.165) is 40.7 Å². The summed E-state index contributed by atoms with van der Waals surface area (Å²) in [5, 5.41) is 12.9. The normalized spacial score (nSPS) is 18.5. The fraction of sp³-hybridized carbons (Fsp3) is 0.609. The summed E-state index contributed by atoms with van der Waals surface area (Å²) in [6, 6.07) is 8.05. The van der Waals surface area contributed by atoms with E-state index in [0.29, 0.717) is 6.54 Å². The molecule has 1 N–H and O–H groups in total. The molecule has 1 fully saturated rings. The predicted molar refractivity (Wildman–Crippen MR) is 131 cm³/mol. The summed E-state index contributed by atoms with van der Waals surface area (Å²) in [4.78, 5) is 14.4. The van der Waals surface area contributed by atoms with Crippen LogP contribution in [0.15, 0.2) is 24.3 Å². The number of likely N-dealkylation sites (tertiary alicyclic amines) is 1. The number of benzene rings is 1. The van der Waals surface area contributed by atoms with Crippen LogP contribution in [-0.4, -0.2) is 62.3 Å². The fourth-order valence-electron chi connectivity index (χ4n) is 3.57. The maximum absolute atomic E-state index is 12.1. The van der Waals surface area contributed by atoms with Crippen LogP contribution in [0.2, 0.25) is 18.1 Å². The molecule has 0 radical (unpaired) electrons. The standard InChI is InChI=1S/C23H36N4O3SSi/c1-16-25-26-21(31-16)18-10-8-9-17(13-18)20(29-22(28)24-5)15-27-12-11-19(14-27)30-32(6,7)23(2,3)4/h8-10,13,19-20H,11-12,14-15H2,1-7H3,(H,24,28)/t19-,20?/m0/s1. The monoisotopic (exact) mass is 476 g/mol. The van der Waals surface area contributed by atoms with Gasteiger partial charge in [-0.25, -0.2) is 4.79 Å². The molecule has 176 valence electrons. The number of amides is 1. The summed E-state index contributed by atoms with van der Waals surface area (Å²) in [7, 11) is -0.230. The second kappa shape index (κ2) is 9.99. The van der Waals surface area contributed by atoms with Gasteiger partial charge in [0.15, 0.2) is 8.32 Å². The van der Waals surface area contributed by atoms with Crippen LogP contribution in [-0.2, 0) is 9.16 Å². The number of nitrogens with one attached hydrogen (secondary N) is 1. The van der Waals surface area contributed by atoms with Crippen molar-refractivity contribution >= 4 is 25.7 Å². The lowest BCUT2D eigenvalue weighted by molar-refractivity contribution is 0.0732. The molecule has 1 unspecified atom stereocenters. The Bertz CT molecular complexity index is 928. The average molecular weight is 477 g/mol. The fourth-order valence-corrected chi connectivity index (χ4v) is 5.64. The van der Waals surface area contributed by atoms with E-state index < -0.39 is 14.4 Å². The van der Waals surface area contributed by atoms with Crippen LogP contribution in [0.5, 0.6) is 0 Å². The zero-order valence-corrected chi connectivity index (χ0v) is 22.1. The second-order valence-electron chi connectivity index (χ2n) is 9.94. The van der Waals surface area contributed by atoms with Gasteiger partial charge >= 0.3 is 6.09 Å². The van der Waals surface area contributed by atoms with E-state index in [1.807, 2.05) is 31.2 Å². The summed E-state index contributed by atoms with van der Waals surface area (Å²) in [5.41, 5.74) is 1.94. The number of hydrogen-bond donors (Lipinski definition) is 1. The number of rotatable bonds is 7. The average Bonchev–Trinajstić information content (AvgIpc) is 3.35. The van der Waals surface area contributed by atoms with E-state index in [9.17, 15) is 4.79 Å². The third kappa shape index (κ3) is 6.15. The van der Waals surface area contributed by atoms with Gasteiger partial charge in [0.25, 0.3) is 0 Å². The second-order valence-corrected chi connectivity index (χ2v) is 15.9. The van der Waals surface area contributed by atoms with E-state index in [2.05, 4.69) is 54.3 Å². The van der Waals surface area contributed by atoms with Crippen molar-refractivity contribution in [1.82, 2.24) is 20.4 Å². The van der Waals surface area contributed by atoms with E-state index in [4.69, 9.17) is 9.16 Å². The molecule has 1 aromatic heterocycles. The lowest BCUT2D eigenvalue weighted by Gasteiger charge is -2.38. The molecule has 0 aliphatic carbocycles. The number of nitrogens with zero attached hydrogens (tertiary/aromatic N) is 3. The zero-order valence-electron chi connectivity index (χ0n) is 20.3. The number of ether oxygens (including phenoxy) is 1. The Morgan fingerprint density at radius 1 is 1.34 bits per heavy atom.